The van der Waals surface area contributed by atoms with Gasteiger partial charge < -0.3 is 14.2 Å². The van der Waals surface area contributed by atoms with E-state index in [0.29, 0.717) is 0 Å². The van der Waals surface area contributed by atoms with Crippen molar-refractivity contribution in [3.63, 3.8) is 0 Å². The third kappa shape index (κ3) is 7.67. The Morgan fingerprint density at radius 1 is 1.15 bits per heavy atom. The first-order valence-electron chi connectivity index (χ1n) is 7.21. The van der Waals surface area contributed by atoms with Crippen molar-refractivity contribution in [2.45, 2.75) is 31.6 Å². The molecular weight excluding hydrogens is 398 g/mol. The third-order valence-corrected chi connectivity index (χ3v) is 4.49. The summed E-state index contributed by atoms with van der Waals surface area (Å²) in [7, 11) is -1.55. The lowest BCUT2D eigenvalue weighted by molar-refractivity contribution is -0.265. The van der Waals surface area contributed by atoms with Crippen molar-refractivity contribution in [3.05, 3.63) is 0 Å². The Morgan fingerprint density at radius 3 is 2.00 bits per heavy atom. The fourth-order valence-corrected chi connectivity index (χ4v) is 3.12. The number of nitriles is 2. The van der Waals surface area contributed by atoms with Gasteiger partial charge in [-0.25, -0.2) is 0 Å². The summed E-state index contributed by atoms with van der Waals surface area (Å²) in [4.78, 5) is 23.5. The number of rotatable bonds is 11. The molecule has 0 aliphatic rings. The van der Waals surface area contributed by atoms with Crippen LogP contribution in [0.1, 0.15) is 19.8 Å². The van der Waals surface area contributed by atoms with Gasteiger partial charge in [0.05, 0.1) is 44.8 Å². The molecule has 13 heteroatoms. The third-order valence-electron chi connectivity index (χ3n) is 2.65. The van der Waals surface area contributed by atoms with Crippen LogP contribution in [-0.4, -0.2) is 55.0 Å². The minimum absolute atomic E-state index is 0.0159. The molecule has 1 unspecified atom stereocenters. The minimum atomic E-state index is -5.33. The van der Waals surface area contributed by atoms with E-state index in [4.69, 9.17) is 31.8 Å². The zero-order valence-electron chi connectivity index (χ0n) is 13.7. The molecule has 0 fully saturated rings. The van der Waals surface area contributed by atoms with E-state index in [2.05, 4.69) is 4.74 Å². The topological polar surface area (TPSA) is 113 Å². The maximum atomic E-state index is 13.0. The normalized spacial score (nSPS) is 11.8. The first-order chi connectivity index (χ1) is 12.2. The van der Waals surface area contributed by atoms with Crippen LogP contribution in [0.25, 0.3) is 0 Å². The van der Waals surface area contributed by atoms with Crippen LogP contribution in [-0.2, 0) is 35.6 Å². The molecule has 0 bridgehead atoms. The Bertz CT molecular complexity index is 571. The number of nitrogens with zero attached hydrogens (tertiary/aromatic N) is 3. The number of esters is 1. The molecule has 146 valence electrons. The van der Waals surface area contributed by atoms with E-state index in [1.54, 1.807) is 12.1 Å². The van der Waals surface area contributed by atoms with Crippen LogP contribution in [0.2, 0.25) is 0 Å². The highest BCUT2D eigenvalue weighted by atomic mass is 32.4. The summed E-state index contributed by atoms with van der Waals surface area (Å²) in [5, 5.41) is 17.1. The van der Waals surface area contributed by atoms with Crippen molar-refractivity contribution in [2.75, 3.05) is 26.4 Å². The average molecular weight is 415 g/mol. The SMILES string of the molecule is CCOC(=O)CN(C(=O)C(F)(F)F)C(OCCC#N)(OCCC#N)[PH2]=S. The largest absolute Gasteiger partial charge is 0.471 e. The first kappa shape index (κ1) is 24.3. The fourth-order valence-electron chi connectivity index (χ4n) is 1.63. The highest BCUT2D eigenvalue weighted by Crippen LogP contribution is 2.35. The number of hydrogen-bond donors (Lipinski definition) is 0. The first-order valence-corrected chi connectivity index (χ1v) is 9.67. The summed E-state index contributed by atoms with van der Waals surface area (Å²) in [6, 6.07) is 3.43. The summed E-state index contributed by atoms with van der Waals surface area (Å²) in [6.07, 6.45) is -5.77. The Morgan fingerprint density at radius 2 is 1.65 bits per heavy atom. The van der Waals surface area contributed by atoms with E-state index in [-0.39, 0.29) is 24.3 Å². The Labute approximate surface area is 154 Å². The van der Waals surface area contributed by atoms with Crippen molar-refractivity contribution in [1.82, 2.24) is 4.90 Å². The molecule has 0 spiro atoms. The van der Waals surface area contributed by atoms with Gasteiger partial charge in [-0.2, -0.15) is 23.7 Å². The van der Waals surface area contributed by atoms with Crippen molar-refractivity contribution in [3.8, 4) is 12.1 Å². The minimum Gasteiger partial charge on any atom is -0.465 e. The van der Waals surface area contributed by atoms with Crippen molar-refractivity contribution >= 4 is 31.0 Å². The molecule has 0 heterocycles. The quantitative estimate of drug-likeness (QED) is 0.215. The number of carbonyl (C=O) groups is 2. The molecule has 26 heavy (non-hydrogen) atoms. The molecular formula is C13H17F3N3O5PS. The second-order valence-electron chi connectivity index (χ2n) is 4.46. The summed E-state index contributed by atoms with van der Waals surface area (Å²) in [5.41, 5.74) is -2.37. The predicted molar refractivity (Wildman–Crippen MR) is 86.6 cm³/mol. The van der Waals surface area contributed by atoms with Crippen molar-refractivity contribution < 1.29 is 37.0 Å². The van der Waals surface area contributed by atoms with Crippen LogP contribution >= 0.6 is 7.36 Å². The van der Waals surface area contributed by atoms with Gasteiger partial charge in [0.15, 0.2) is 0 Å². The van der Waals surface area contributed by atoms with Crippen LogP contribution in [0.3, 0.4) is 0 Å². The maximum Gasteiger partial charge on any atom is 0.471 e. The lowest BCUT2D eigenvalue weighted by atomic mass is 10.4. The number of amides is 1. The van der Waals surface area contributed by atoms with Crippen molar-refractivity contribution in [2.24, 2.45) is 0 Å². The van der Waals surface area contributed by atoms with Gasteiger partial charge in [0.25, 0.3) is 5.65 Å². The van der Waals surface area contributed by atoms with E-state index in [1.165, 1.54) is 6.92 Å². The van der Waals surface area contributed by atoms with Gasteiger partial charge in [0.1, 0.15) is 6.54 Å². The number of alkyl halides is 3. The maximum absolute atomic E-state index is 13.0. The predicted octanol–water partition coefficient (Wildman–Crippen LogP) is 1.28. The standard InChI is InChI=1S/C13H17F3N3O5PS/c1-2-22-10(20)9-19(11(21)12(14,15)16)13(25-26,23-7-3-5-17)24-8-4-6-18/h2-4,7-9,25H2,1H3. The van der Waals surface area contributed by atoms with Crippen LogP contribution in [0.5, 0.6) is 0 Å². The molecule has 0 saturated heterocycles. The molecule has 8 nitrogen and oxygen atoms in total. The van der Waals surface area contributed by atoms with Gasteiger partial charge >= 0.3 is 18.1 Å². The lowest BCUT2D eigenvalue weighted by Crippen LogP contribution is -2.57. The smallest absolute Gasteiger partial charge is 0.465 e. The highest BCUT2D eigenvalue weighted by Gasteiger charge is 2.51. The van der Waals surface area contributed by atoms with Crippen LogP contribution < -0.4 is 0 Å². The molecule has 0 aliphatic carbocycles. The highest BCUT2D eigenvalue weighted by molar-refractivity contribution is 7.96. The number of halogens is 3. The number of carbonyl (C=O) groups excluding carboxylic acids is 2. The molecule has 0 saturated carbocycles. The second kappa shape index (κ2) is 11.8. The van der Waals surface area contributed by atoms with Crippen LogP contribution in [0.4, 0.5) is 13.2 Å². The van der Waals surface area contributed by atoms with Gasteiger partial charge in [-0.15, -0.1) is 0 Å². The summed E-state index contributed by atoms with van der Waals surface area (Å²) >= 11 is 4.87. The molecule has 1 amide bonds. The molecule has 0 N–H and O–H groups in total. The molecule has 0 aromatic rings. The monoisotopic (exact) mass is 415 g/mol. The number of hydrogen-bond acceptors (Lipinski definition) is 8. The zero-order valence-corrected chi connectivity index (χ0v) is 15.7. The van der Waals surface area contributed by atoms with E-state index in [0.717, 1.165) is 0 Å². The molecule has 1 atom stereocenters. The fraction of sp³-hybridized carbons (Fsp3) is 0.692. The molecule has 0 aliphatic heterocycles. The Balaban J connectivity index is 5.88. The average Bonchev–Trinajstić information content (AvgIpc) is 2.57. The Hall–Kier alpha value is -1.72. The van der Waals surface area contributed by atoms with E-state index >= 15 is 0 Å². The van der Waals surface area contributed by atoms with E-state index in [9.17, 15) is 22.8 Å². The lowest BCUT2D eigenvalue weighted by Gasteiger charge is -2.39. The van der Waals surface area contributed by atoms with Gasteiger partial charge in [-0.05, 0) is 6.92 Å². The van der Waals surface area contributed by atoms with E-state index in [1.807, 2.05) is 0 Å². The summed E-state index contributed by atoms with van der Waals surface area (Å²) in [5.74, 6) is -3.53. The van der Waals surface area contributed by atoms with Crippen LogP contribution in [0.15, 0.2) is 0 Å². The second-order valence-corrected chi connectivity index (χ2v) is 6.13. The molecule has 0 rings (SSSR count). The van der Waals surface area contributed by atoms with Gasteiger partial charge in [-0.3, -0.25) is 14.5 Å². The number of ether oxygens (including phenoxy) is 3. The van der Waals surface area contributed by atoms with Gasteiger partial charge in [0.2, 0.25) is 0 Å². The molecule has 0 aromatic carbocycles. The van der Waals surface area contributed by atoms with Gasteiger partial charge in [0, 0.05) is 7.36 Å². The molecule has 0 aromatic heterocycles. The Kier molecular flexibility index (Phi) is 11.0. The van der Waals surface area contributed by atoms with Crippen molar-refractivity contribution in [1.29, 1.82) is 10.5 Å². The van der Waals surface area contributed by atoms with E-state index < -0.39 is 50.8 Å². The summed E-state index contributed by atoms with van der Waals surface area (Å²) < 4.78 is 54.0. The molecule has 0 radical (unpaired) electrons. The summed E-state index contributed by atoms with van der Waals surface area (Å²) in [6.45, 7) is -0.583. The zero-order chi connectivity index (χ0) is 20.2. The van der Waals surface area contributed by atoms with Gasteiger partial charge in [-0.1, -0.05) is 11.8 Å². The van der Waals surface area contributed by atoms with Crippen LogP contribution in [0, 0.1) is 22.7 Å².